The summed E-state index contributed by atoms with van der Waals surface area (Å²) in [6.07, 6.45) is 2.19. The standard InChI is InChI=1S/C14H15N3O3S/c1-10-3-5-13(6-4-10)21(18,19)14-9-17(16-15-14)8-12-7-11(2)20-12/h3-6,9,12H,2,7-8H2,1H3. The van der Waals surface area contributed by atoms with Crippen LogP contribution in [0, 0.1) is 6.92 Å². The predicted octanol–water partition coefficient (Wildman–Crippen LogP) is 1.72. The molecule has 1 fully saturated rings. The van der Waals surface area contributed by atoms with Gasteiger partial charge in [0.15, 0.2) is 0 Å². The first kappa shape index (κ1) is 13.8. The molecule has 21 heavy (non-hydrogen) atoms. The van der Waals surface area contributed by atoms with E-state index in [1.165, 1.54) is 10.9 Å². The molecule has 0 radical (unpaired) electrons. The molecule has 0 bridgehead atoms. The van der Waals surface area contributed by atoms with Crippen LogP contribution >= 0.6 is 0 Å². The van der Waals surface area contributed by atoms with Crippen molar-refractivity contribution in [2.75, 3.05) is 0 Å². The van der Waals surface area contributed by atoms with Gasteiger partial charge in [-0.2, -0.15) is 0 Å². The molecule has 7 heteroatoms. The van der Waals surface area contributed by atoms with Gasteiger partial charge in [0, 0.05) is 6.42 Å². The molecule has 2 aromatic rings. The smallest absolute Gasteiger partial charge is 0.227 e. The molecule has 1 unspecified atom stereocenters. The Morgan fingerprint density at radius 3 is 2.67 bits per heavy atom. The zero-order valence-electron chi connectivity index (χ0n) is 11.6. The van der Waals surface area contributed by atoms with Gasteiger partial charge in [-0.25, -0.2) is 13.1 Å². The maximum absolute atomic E-state index is 12.4. The van der Waals surface area contributed by atoms with Crippen molar-refractivity contribution in [3.63, 3.8) is 0 Å². The van der Waals surface area contributed by atoms with Crippen molar-refractivity contribution >= 4 is 9.84 Å². The lowest BCUT2D eigenvalue weighted by Crippen LogP contribution is -2.29. The summed E-state index contributed by atoms with van der Waals surface area (Å²) in [6, 6.07) is 6.65. The third-order valence-electron chi connectivity index (χ3n) is 3.30. The number of aromatic nitrogens is 3. The van der Waals surface area contributed by atoms with Crippen molar-refractivity contribution in [1.82, 2.24) is 15.0 Å². The van der Waals surface area contributed by atoms with Crippen molar-refractivity contribution in [3.8, 4) is 0 Å². The van der Waals surface area contributed by atoms with Crippen molar-refractivity contribution < 1.29 is 13.2 Å². The second-order valence-electron chi connectivity index (χ2n) is 5.08. The Bertz CT molecular complexity index is 770. The average molecular weight is 305 g/mol. The molecule has 6 nitrogen and oxygen atoms in total. The first-order chi connectivity index (χ1) is 9.95. The van der Waals surface area contributed by atoms with Gasteiger partial charge in [0.2, 0.25) is 14.9 Å². The fourth-order valence-corrected chi connectivity index (χ4v) is 3.26. The molecule has 1 saturated heterocycles. The molecule has 1 aliphatic rings. The molecule has 2 heterocycles. The third-order valence-corrected chi connectivity index (χ3v) is 4.93. The quantitative estimate of drug-likeness (QED) is 0.860. The summed E-state index contributed by atoms with van der Waals surface area (Å²) in [7, 11) is -3.62. The van der Waals surface area contributed by atoms with Gasteiger partial charge >= 0.3 is 0 Å². The monoisotopic (exact) mass is 305 g/mol. The minimum Gasteiger partial charge on any atom is -0.493 e. The van der Waals surface area contributed by atoms with E-state index in [-0.39, 0.29) is 16.0 Å². The highest BCUT2D eigenvalue weighted by atomic mass is 32.2. The van der Waals surface area contributed by atoms with Gasteiger partial charge in [-0.3, -0.25) is 0 Å². The summed E-state index contributed by atoms with van der Waals surface area (Å²) < 4.78 is 31.6. The largest absolute Gasteiger partial charge is 0.493 e. The van der Waals surface area contributed by atoms with Crippen LogP contribution in [-0.4, -0.2) is 29.5 Å². The lowest BCUT2D eigenvalue weighted by molar-refractivity contribution is 0.00697. The fraction of sp³-hybridized carbons (Fsp3) is 0.286. The van der Waals surface area contributed by atoms with E-state index in [9.17, 15) is 8.42 Å². The molecule has 1 aromatic heterocycles. The molecular weight excluding hydrogens is 290 g/mol. The molecule has 3 rings (SSSR count). The highest BCUT2D eigenvalue weighted by Gasteiger charge is 2.26. The van der Waals surface area contributed by atoms with Crippen molar-refractivity contribution in [2.24, 2.45) is 0 Å². The first-order valence-electron chi connectivity index (χ1n) is 6.51. The first-order valence-corrected chi connectivity index (χ1v) is 8.00. The molecule has 0 aliphatic carbocycles. The molecular formula is C14H15N3O3S. The summed E-state index contributed by atoms with van der Waals surface area (Å²) in [4.78, 5) is 0.216. The van der Waals surface area contributed by atoms with Gasteiger partial charge in [0.05, 0.1) is 23.4 Å². The Morgan fingerprint density at radius 1 is 1.38 bits per heavy atom. The molecule has 110 valence electrons. The van der Waals surface area contributed by atoms with Gasteiger partial charge in [0.1, 0.15) is 6.10 Å². The molecule has 1 aliphatic heterocycles. The van der Waals surface area contributed by atoms with Crippen LogP contribution in [0.25, 0.3) is 0 Å². The number of nitrogens with zero attached hydrogens (tertiary/aromatic N) is 3. The van der Waals surface area contributed by atoms with Gasteiger partial charge in [0.25, 0.3) is 0 Å². The van der Waals surface area contributed by atoms with Crippen LogP contribution in [0.15, 0.2) is 52.7 Å². The average Bonchev–Trinajstić information content (AvgIpc) is 2.87. The Morgan fingerprint density at radius 2 is 2.05 bits per heavy atom. The SMILES string of the molecule is C=C1CC(Cn2cc(S(=O)(=O)c3ccc(C)cc3)nn2)O1. The molecule has 1 aromatic carbocycles. The molecule has 0 spiro atoms. The Kier molecular flexibility index (Phi) is 3.29. The lowest BCUT2D eigenvalue weighted by Gasteiger charge is -2.29. The second kappa shape index (κ2) is 5.00. The summed E-state index contributed by atoms with van der Waals surface area (Å²) in [5.41, 5.74) is 1.000. The van der Waals surface area contributed by atoms with Gasteiger partial charge in [-0.1, -0.05) is 29.5 Å². The van der Waals surface area contributed by atoms with E-state index >= 15 is 0 Å². The minimum atomic E-state index is -3.62. The Labute approximate surface area is 123 Å². The number of aryl methyl sites for hydroxylation is 1. The maximum Gasteiger partial charge on any atom is 0.227 e. The topological polar surface area (TPSA) is 74.1 Å². The molecule has 1 atom stereocenters. The number of hydrogen-bond acceptors (Lipinski definition) is 5. The van der Waals surface area contributed by atoms with Crippen LogP contribution in [0.4, 0.5) is 0 Å². The van der Waals surface area contributed by atoms with Crippen molar-refractivity contribution in [1.29, 1.82) is 0 Å². The van der Waals surface area contributed by atoms with Gasteiger partial charge in [-0.05, 0) is 19.1 Å². The van der Waals surface area contributed by atoms with Crippen LogP contribution in [0.3, 0.4) is 0 Å². The highest BCUT2D eigenvalue weighted by molar-refractivity contribution is 7.91. The third kappa shape index (κ3) is 2.69. The van der Waals surface area contributed by atoms with E-state index in [0.717, 1.165) is 17.7 Å². The van der Waals surface area contributed by atoms with Crippen LogP contribution in [0.5, 0.6) is 0 Å². The summed E-state index contributed by atoms with van der Waals surface area (Å²) in [6.45, 7) is 6.05. The summed E-state index contributed by atoms with van der Waals surface area (Å²) >= 11 is 0. The van der Waals surface area contributed by atoms with Crippen LogP contribution in [0.1, 0.15) is 12.0 Å². The predicted molar refractivity (Wildman–Crippen MR) is 75.3 cm³/mol. The molecule has 0 N–H and O–H groups in total. The van der Waals surface area contributed by atoms with E-state index in [0.29, 0.717) is 6.54 Å². The van der Waals surface area contributed by atoms with E-state index in [1.54, 1.807) is 24.3 Å². The lowest BCUT2D eigenvalue weighted by atomic mass is 10.1. The van der Waals surface area contributed by atoms with E-state index in [1.807, 2.05) is 6.92 Å². The van der Waals surface area contributed by atoms with E-state index in [2.05, 4.69) is 16.9 Å². The minimum absolute atomic E-state index is 0.00544. The van der Waals surface area contributed by atoms with E-state index in [4.69, 9.17) is 4.74 Å². The maximum atomic E-state index is 12.4. The number of hydrogen-bond donors (Lipinski definition) is 0. The fourth-order valence-electron chi connectivity index (χ4n) is 2.12. The molecule has 0 amide bonds. The van der Waals surface area contributed by atoms with Crippen molar-refractivity contribution in [2.45, 2.75) is 35.9 Å². The number of benzene rings is 1. The van der Waals surface area contributed by atoms with Crippen LogP contribution in [-0.2, 0) is 21.1 Å². The van der Waals surface area contributed by atoms with Crippen molar-refractivity contribution in [3.05, 3.63) is 48.4 Å². The number of sulfone groups is 1. The van der Waals surface area contributed by atoms with Crippen LogP contribution < -0.4 is 0 Å². The highest BCUT2D eigenvalue weighted by Crippen LogP contribution is 2.24. The normalized spacial score (nSPS) is 18.1. The summed E-state index contributed by atoms with van der Waals surface area (Å²) in [5, 5.41) is 7.56. The zero-order chi connectivity index (χ0) is 15.0. The Balaban J connectivity index is 1.81. The molecule has 0 saturated carbocycles. The summed E-state index contributed by atoms with van der Waals surface area (Å²) in [5.74, 6) is 0.743. The van der Waals surface area contributed by atoms with E-state index < -0.39 is 9.84 Å². The zero-order valence-corrected chi connectivity index (χ0v) is 12.4. The van der Waals surface area contributed by atoms with Gasteiger partial charge in [-0.15, -0.1) is 5.10 Å². The van der Waals surface area contributed by atoms with Gasteiger partial charge < -0.3 is 4.74 Å². The Hall–Kier alpha value is -2.15. The van der Waals surface area contributed by atoms with Crippen LogP contribution in [0.2, 0.25) is 0 Å². The number of rotatable bonds is 4. The second-order valence-corrected chi connectivity index (χ2v) is 6.97. The number of ether oxygens (including phenoxy) is 1.